The summed E-state index contributed by atoms with van der Waals surface area (Å²) in [7, 11) is 0. The van der Waals surface area contributed by atoms with Gasteiger partial charge in [-0.15, -0.1) is 0 Å². The van der Waals surface area contributed by atoms with Crippen LogP contribution < -0.4 is 5.72 Å². The van der Waals surface area contributed by atoms with Gasteiger partial charge in [-0.1, -0.05) is 18.2 Å². The predicted octanol–water partition coefficient (Wildman–Crippen LogP) is 0.785. The van der Waals surface area contributed by atoms with Gasteiger partial charge in [0.2, 0.25) is 5.91 Å². The zero-order valence-corrected chi connectivity index (χ0v) is 4.74. The Labute approximate surface area is 56.2 Å². The summed E-state index contributed by atoms with van der Waals surface area (Å²) < 4.78 is 13.3. The summed E-state index contributed by atoms with van der Waals surface area (Å²) in [4.78, 5) is 10.9. The van der Waals surface area contributed by atoms with Crippen LogP contribution in [0.5, 0.6) is 0 Å². The first-order chi connectivity index (χ1) is 5.22. The average Bonchev–Trinajstić information content (AvgIpc) is 2.05. The van der Waals surface area contributed by atoms with Crippen LogP contribution in [0.2, 0.25) is 2.82 Å². The van der Waals surface area contributed by atoms with Gasteiger partial charge in [0.15, 0.2) is 2.82 Å². The molecular weight excluding hydrogens is 114 g/mol. The number of carbonyl (C=O) groups excluding carboxylic acids is 1. The van der Waals surface area contributed by atoms with Crippen LogP contribution in [0.4, 0.5) is 0 Å². The summed E-state index contributed by atoms with van der Waals surface area (Å²) in [5.41, 5.74) is 0.424. The smallest absolute Gasteiger partial charge is 0.248 e. The van der Waals surface area contributed by atoms with Crippen molar-refractivity contribution in [1.82, 2.24) is 0 Å². The van der Waals surface area contributed by atoms with E-state index < -0.39 is 5.91 Å². The number of hydrogen-bond donors (Lipinski definition) is 1. The highest BCUT2D eigenvalue weighted by atomic mass is 16.1. The summed E-state index contributed by atoms with van der Waals surface area (Å²) in [6.45, 7) is 0. The molecule has 1 aromatic rings. The Hall–Kier alpha value is -1.31. The van der Waals surface area contributed by atoms with E-state index in [-0.39, 0.29) is 5.72 Å². The number of hydrogen-bond acceptors (Lipinski definition) is 1. The molecule has 0 spiro atoms. The minimum atomic E-state index is -0.620. The molecule has 0 heterocycles. The van der Waals surface area contributed by atoms with Crippen molar-refractivity contribution in [3.63, 3.8) is 0 Å². The van der Waals surface area contributed by atoms with E-state index in [9.17, 15) is 4.79 Å². The number of primary amides is 1. The topological polar surface area (TPSA) is 43.1 Å². The maximum absolute atomic E-state index is 10.9. The van der Waals surface area contributed by atoms with Gasteiger partial charge in [0.05, 0.1) is 0 Å². The molecule has 0 saturated carbocycles. The highest BCUT2D eigenvalue weighted by molar-refractivity contribution is 5.92. The molecule has 0 aromatic heterocycles. The fraction of sp³-hybridized carbons (Fsp3) is 0. The molecule has 0 unspecified atom stereocenters. The van der Waals surface area contributed by atoms with E-state index in [2.05, 4.69) is 0 Å². The first-order valence-electron chi connectivity index (χ1n) is 3.48. The second kappa shape index (κ2) is 2.31. The standard InChI is InChI=1S/C7H7NO/c8-7(9)6-4-2-1-3-5-6/h1-5H,(H2,8,9)/i/hD2. The van der Waals surface area contributed by atoms with E-state index >= 15 is 0 Å². The summed E-state index contributed by atoms with van der Waals surface area (Å²) in [5.74, 6) is -0.620. The number of amides is 1. The van der Waals surface area contributed by atoms with Gasteiger partial charge in [-0.2, -0.15) is 0 Å². The normalized spacial score (nSPS) is 11.6. The maximum atomic E-state index is 10.9. The number of benzene rings is 1. The second-order valence-corrected chi connectivity index (χ2v) is 1.67. The van der Waals surface area contributed by atoms with E-state index in [0.717, 1.165) is 0 Å². The zero-order chi connectivity index (χ0) is 8.27. The number of nitrogens with two attached hydrogens (primary N) is 1. The van der Waals surface area contributed by atoms with Crippen LogP contribution in [0.3, 0.4) is 0 Å². The van der Waals surface area contributed by atoms with Crippen molar-refractivity contribution in [3.8, 4) is 0 Å². The Morgan fingerprint density at radius 1 is 1.44 bits per heavy atom. The lowest BCUT2D eigenvalue weighted by Crippen LogP contribution is -2.09. The fourth-order valence-corrected chi connectivity index (χ4v) is 0.581. The van der Waals surface area contributed by atoms with Crippen LogP contribution in [-0.2, 0) is 0 Å². The number of rotatable bonds is 1. The van der Waals surface area contributed by atoms with Crippen LogP contribution in [0.1, 0.15) is 10.4 Å². The SMILES string of the molecule is [2H]N([2H])C(=O)c1ccccc1. The van der Waals surface area contributed by atoms with Crippen LogP contribution in [0.25, 0.3) is 0 Å². The summed E-state index contributed by atoms with van der Waals surface area (Å²) in [5, 5.41) is 0. The number of carbonyl (C=O) groups is 1. The minimum Gasteiger partial charge on any atom is -0.366 e. The van der Waals surface area contributed by atoms with Gasteiger partial charge in [0.25, 0.3) is 0 Å². The molecule has 0 bridgehead atoms. The summed E-state index contributed by atoms with van der Waals surface area (Å²) >= 11 is 0. The molecule has 2 N–H and O–H groups in total. The van der Waals surface area contributed by atoms with E-state index in [1.165, 1.54) is 0 Å². The first-order valence-corrected chi connectivity index (χ1v) is 2.59. The van der Waals surface area contributed by atoms with Crippen molar-refractivity contribution in [1.29, 1.82) is 0 Å². The van der Waals surface area contributed by atoms with Crippen LogP contribution in [-0.4, -0.2) is 5.91 Å². The van der Waals surface area contributed by atoms with Gasteiger partial charge in [0.1, 0.15) is 0 Å². The molecule has 0 radical (unpaired) electrons. The molecular formula is C7H7NO. The molecule has 9 heavy (non-hydrogen) atoms. The third-order valence-corrected chi connectivity index (χ3v) is 1.02. The molecule has 2 nitrogen and oxygen atoms in total. The Morgan fingerprint density at radius 2 is 2.11 bits per heavy atom. The quantitative estimate of drug-likeness (QED) is 0.589. The second-order valence-electron chi connectivity index (χ2n) is 1.67. The van der Waals surface area contributed by atoms with E-state index in [1.807, 2.05) is 0 Å². The highest BCUT2D eigenvalue weighted by Gasteiger charge is 1.93. The lowest BCUT2D eigenvalue weighted by molar-refractivity contribution is 0.100. The minimum absolute atomic E-state index is 0.0648. The van der Waals surface area contributed by atoms with Crippen molar-refractivity contribution in [2.24, 2.45) is 5.72 Å². The zero-order valence-electron chi connectivity index (χ0n) is 6.74. The molecule has 46 valence electrons. The van der Waals surface area contributed by atoms with Gasteiger partial charge in [-0.25, -0.2) is 0 Å². The van der Waals surface area contributed by atoms with E-state index in [4.69, 9.17) is 2.82 Å². The van der Waals surface area contributed by atoms with Crippen LogP contribution in [0, 0.1) is 0 Å². The van der Waals surface area contributed by atoms with Gasteiger partial charge < -0.3 is 5.72 Å². The highest BCUT2D eigenvalue weighted by Crippen LogP contribution is 1.94. The van der Waals surface area contributed by atoms with Gasteiger partial charge in [0, 0.05) is 5.56 Å². The lowest BCUT2D eigenvalue weighted by Gasteiger charge is -1.89. The fourth-order valence-electron chi connectivity index (χ4n) is 0.581. The van der Waals surface area contributed by atoms with Crippen LogP contribution >= 0.6 is 0 Å². The van der Waals surface area contributed by atoms with Crippen molar-refractivity contribution >= 4 is 5.91 Å². The predicted molar refractivity (Wildman–Crippen MR) is 35.0 cm³/mol. The molecule has 0 saturated heterocycles. The van der Waals surface area contributed by atoms with E-state index in [0.29, 0.717) is 5.56 Å². The van der Waals surface area contributed by atoms with Crippen molar-refractivity contribution in [3.05, 3.63) is 35.9 Å². The lowest BCUT2D eigenvalue weighted by atomic mass is 10.2. The molecule has 0 aliphatic rings. The summed E-state index contributed by atoms with van der Waals surface area (Å²) in [6, 6.07) is 8.29. The van der Waals surface area contributed by atoms with Crippen molar-refractivity contribution in [2.45, 2.75) is 0 Å². The van der Waals surface area contributed by atoms with E-state index in [1.54, 1.807) is 30.3 Å². The Balaban J connectivity index is 2.86. The molecule has 2 heteroatoms. The Kier molecular flexibility index (Phi) is 0.939. The van der Waals surface area contributed by atoms with Crippen LogP contribution in [0.15, 0.2) is 30.3 Å². The molecule has 0 fully saturated rings. The molecule has 0 aliphatic heterocycles. The molecule has 1 amide bonds. The third-order valence-electron chi connectivity index (χ3n) is 1.02. The Bertz CT molecular complexity index is 248. The molecule has 1 rings (SSSR count). The van der Waals surface area contributed by atoms with Crippen molar-refractivity contribution < 1.29 is 7.62 Å². The largest absolute Gasteiger partial charge is 0.366 e. The summed E-state index contributed by atoms with van der Waals surface area (Å²) in [6.07, 6.45) is 0. The average molecular weight is 123 g/mol. The molecule has 0 atom stereocenters. The van der Waals surface area contributed by atoms with Gasteiger partial charge in [-0.3, -0.25) is 4.79 Å². The first kappa shape index (κ1) is 3.67. The van der Waals surface area contributed by atoms with Gasteiger partial charge >= 0.3 is 0 Å². The maximum Gasteiger partial charge on any atom is 0.248 e. The van der Waals surface area contributed by atoms with Gasteiger partial charge in [-0.05, 0) is 12.1 Å². The molecule has 1 aromatic carbocycles. The third kappa shape index (κ3) is 1.29. The molecule has 0 aliphatic carbocycles. The Morgan fingerprint density at radius 3 is 2.67 bits per heavy atom. The van der Waals surface area contributed by atoms with Crippen molar-refractivity contribution in [2.75, 3.05) is 0 Å². The monoisotopic (exact) mass is 123 g/mol.